The Balaban J connectivity index is 1.62. The van der Waals surface area contributed by atoms with Gasteiger partial charge in [0.25, 0.3) is 0 Å². The van der Waals surface area contributed by atoms with Gasteiger partial charge in [-0.3, -0.25) is 4.68 Å². The minimum Gasteiger partial charge on any atom is -0.493 e. The lowest BCUT2D eigenvalue weighted by molar-refractivity contribution is 0.357. The molecule has 2 aromatic rings. The number of nitrogens with zero attached hydrogens (tertiary/aromatic N) is 2. The Hall–Kier alpha value is -1.81. The van der Waals surface area contributed by atoms with Gasteiger partial charge >= 0.3 is 0 Å². The molecule has 1 aliphatic rings. The van der Waals surface area contributed by atoms with Crippen LogP contribution in [0.5, 0.6) is 5.75 Å². The third kappa shape index (κ3) is 2.79. The van der Waals surface area contributed by atoms with Crippen molar-refractivity contribution in [2.24, 2.45) is 5.73 Å². The molecular weight excluding hydrogens is 238 g/mol. The minimum atomic E-state index is 0.677. The average Bonchev–Trinajstić information content (AvgIpc) is 3.04. The minimum absolute atomic E-state index is 0.677. The Bertz CT molecular complexity index is 562. The monoisotopic (exact) mass is 257 g/mol. The number of benzene rings is 1. The molecule has 0 spiro atoms. The topological polar surface area (TPSA) is 53.1 Å². The van der Waals surface area contributed by atoms with E-state index in [0.29, 0.717) is 6.54 Å². The second-order valence-corrected chi connectivity index (χ2v) is 4.94. The van der Waals surface area contributed by atoms with Crippen LogP contribution >= 0.6 is 0 Å². The van der Waals surface area contributed by atoms with E-state index in [1.807, 2.05) is 10.9 Å². The van der Waals surface area contributed by atoms with Crippen molar-refractivity contribution in [3.8, 4) is 5.75 Å². The molecule has 19 heavy (non-hydrogen) atoms. The molecule has 0 aliphatic carbocycles. The van der Waals surface area contributed by atoms with E-state index < -0.39 is 0 Å². The van der Waals surface area contributed by atoms with Crippen molar-refractivity contribution in [2.45, 2.75) is 25.8 Å². The predicted octanol–water partition coefficient (Wildman–Crippen LogP) is 1.56. The summed E-state index contributed by atoms with van der Waals surface area (Å²) in [5.41, 5.74) is 9.43. The van der Waals surface area contributed by atoms with Crippen molar-refractivity contribution in [1.29, 1.82) is 0 Å². The lowest BCUT2D eigenvalue weighted by Crippen LogP contribution is -2.03. The quantitative estimate of drug-likeness (QED) is 0.884. The maximum atomic E-state index is 5.54. The van der Waals surface area contributed by atoms with Crippen molar-refractivity contribution < 1.29 is 4.74 Å². The van der Waals surface area contributed by atoms with E-state index in [2.05, 4.69) is 29.5 Å². The van der Waals surface area contributed by atoms with E-state index in [4.69, 9.17) is 10.5 Å². The number of aromatic nitrogens is 2. The number of nitrogens with two attached hydrogens (primary N) is 1. The summed E-state index contributed by atoms with van der Waals surface area (Å²) in [7, 11) is 0. The largest absolute Gasteiger partial charge is 0.493 e. The van der Waals surface area contributed by atoms with E-state index in [9.17, 15) is 0 Å². The van der Waals surface area contributed by atoms with Crippen molar-refractivity contribution in [1.82, 2.24) is 9.78 Å². The highest BCUT2D eigenvalue weighted by molar-refractivity contribution is 5.39. The van der Waals surface area contributed by atoms with Gasteiger partial charge in [-0.05, 0) is 42.1 Å². The zero-order valence-electron chi connectivity index (χ0n) is 11.0. The SMILES string of the molecule is NCCc1cnn(CCc2ccc3c(c2)CCO3)c1. The van der Waals surface area contributed by atoms with Gasteiger partial charge in [0.1, 0.15) is 5.75 Å². The van der Waals surface area contributed by atoms with Gasteiger partial charge in [-0.25, -0.2) is 0 Å². The first-order chi connectivity index (χ1) is 9.35. The number of hydrogen-bond acceptors (Lipinski definition) is 3. The van der Waals surface area contributed by atoms with Gasteiger partial charge in [-0.15, -0.1) is 0 Å². The molecule has 1 aliphatic heterocycles. The summed E-state index contributed by atoms with van der Waals surface area (Å²) in [4.78, 5) is 0. The highest BCUT2D eigenvalue weighted by Crippen LogP contribution is 2.26. The zero-order valence-corrected chi connectivity index (χ0v) is 11.0. The Morgan fingerprint density at radius 1 is 1.26 bits per heavy atom. The number of aryl methyl sites for hydroxylation is 2. The first-order valence-electron chi connectivity index (χ1n) is 6.81. The van der Waals surface area contributed by atoms with Crippen LogP contribution in [0.1, 0.15) is 16.7 Å². The summed E-state index contributed by atoms with van der Waals surface area (Å²) >= 11 is 0. The second-order valence-electron chi connectivity index (χ2n) is 4.94. The van der Waals surface area contributed by atoms with Gasteiger partial charge < -0.3 is 10.5 Å². The van der Waals surface area contributed by atoms with Crippen LogP contribution in [0.15, 0.2) is 30.6 Å². The fourth-order valence-corrected chi connectivity index (χ4v) is 2.46. The number of hydrogen-bond donors (Lipinski definition) is 1. The molecule has 4 heteroatoms. The van der Waals surface area contributed by atoms with Crippen LogP contribution in [-0.2, 0) is 25.8 Å². The lowest BCUT2D eigenvalue weighted by atomic mass is 10.1. The zero-order chi connectivity index (χ0) is 13.1. The van der Waals surface area contributed by atoms with Crippen molar-refractivity contribution in [3.63, 3.8) is 0 Å². The van der Waals surface area contributed by atoms with Gasteiger partial charge in [0.2, 0.25) is 0 Å². The molecule has 0 atom stereocenters. The van der Waals surface area contributed by atoms with Crippen LogP contribution in [0.25, 0.3) is 0 Å². The second kappa shape index (κ2) is 5.45. The summed E-state index contributed by atoms with van der Waals surface area (Å²) < 4.78 is 7.51. The summed E-state index contributed by atoms with van der Waals surface area (Å²) in [6, 6.07) is 6.49. The van der Waals surface area contributed by atoms with Gasteiger partial charge in [0.05, 0.1) is 12.8 Å². The normalized spacial score (nSPS) is 13.3. The molecule has 1 aromatic carbocycles. The van der Waals surface area contributed by atoms with Crippen molar-refractivity contribution >= 4 is 0 Å². The van der Waals surface area contributed by atoms with E-state index >= 15 is 0 Å². The maximum Gasteiger partial charge on any atom is 0.122 e. The van der Waals surface area contributed by atoms with Gasteiger partial charge in [0, 0.05) is 19.2 Å². The molecule has 2 N–H and O–H groups in total. The highest BCUT2D eigenvalue weighted by atomic mass is 16.5. The lowest BCUT2D eigenvalue weighted by Gasteiger charge is -2.04. The van der Waals surface area contributed by atoms with E-state index in [1.54, 1.807) is 0 Å². The molecule has 0 bridgehead atoms. The Labute approximate surface area is 113 Å². The molecule has 2 heterocycles. The Kier molecular flexibility index (Phi) is 3.51. The molecule has 100 valence electrons. The number of ether oxygens (including phenoxy) is 1. The van der Waals surface area contributed by atoms with Crippen LogP contribution in [0.3, 0.4) is 0 Å². The van der Waals surface area contributed by atoms with Crippen molar-refractivity contribution in [3.05, 3.63) is 47.3 Å². The molecule has 0 fully saturated rings. The van der Waals surface area contributed by atoms with Crippen LogP contribution in [0.2, 0.25) is 0 Å². The highest BCUT2D eigenvalue weighted by Gasteiger charge is 2.11. The van der Waals surface area contributed by atoms with Gasteiger partial charge in [-0.1, -0.05) is 12.1 Å². The molecule has 0 saturated heterocycles. The standard InChI is InChI=1S/C15H19N3O/c16-6-3-13-10-17-18(11-13)7-4-12-1-2-15-14(9-12)5-8-19-15/h1-2,9-11H,3-8,16H2. The maximum absolute atomic E-state index is 5.54. The smallest absolute Gasteiger partial charge is 0.122 e. The number of fused-ring (bicyclic) bond motifs is 1. The van der Waals surface area contributed by atoms with Gasteiger partial charge in [-0.2, -0.15) is 5.10 Å². The predicted molar refractivity (Wildman–Crippen MR) is 74.3 cm³/mol. The van der Waals surface area contributed by atoms with Crippen LogP contribution in [0.4, 0.5) is 0 Å². The van der Waals surface area contributed by atoms with Crippen LogP contribution in [0, 0.1) is 0 Å². The molecule has 1 aromatic heterocycles. The third-order valence-corrected chi connectivity index (χ3v) is 3.50. The van der Waals surface area contributed by atoms with Crippen LogP contribution in [-0.4, -0.2) is 22.9 Å². The Morgan fingerprint density at radius 3 is 3.11 bits per heavy atom. The van der Waals surface area contributed by atoms with Crippen LogP contribution < -0.4 is 10.5 Å². The fraction of sp³-hybridized carbons (Fsp3) is 0.400. The van der Waals surface area contributed by atoms with E-state index in [1.165, 1.54) is 16.7 Å². The van der Waals surface area contributed by atoms with E-state index in [-0.39, 0.29) is 0 Å². The molecule has 0 amide bonds. The van der Waals surface area contributed by atoms with Gasteiger partial charge in [0.15, 0.2) is 0 Å². The number of rotatable bonds is 5. The summed E-state index contributed by atoms with van der Waals surface area (Å²) in [5.74, 6) is 1.05. The van der Waals surface area contributed by atoms with E-state index in [0.717, 1.165) is 38.2 Å². The molecule has 3 rings (SSSR count). The molecule has 0 unspecified atom stereocenters. The van der Waals surface area contributed by atoms with Crippen molar-refractivity contribution in [2.75, 3.05) is 13.2 Å². The molecule has 0 radical (unpaired) electrons. The summed E-state index contributed by atoms with van der Waals surface area (Å²) in [6.45, 7) is 2.40. The average molecular weight is 257 g/mol. The summed E-state index contributed by atoms with van der Waals surface area (Å²) in [6.07, 6.45) is 6.92. The molecule has 0 saturated carbocycles. The molecule has 4 nitrogen and oxygen atoms in total. The molecular formula is C15H19N3O. The Morgan fingerprint density at radius 2 is 2.21 bits per heavy atom. The third-order valence-electron chi connectivity index (χ3n) is 3.50. The first kappa shape index (κ1) is 12.2. The fourth-order valence-electron chi connectivity index (χ4n) is 2.46. The summed E-state index contributed by atoms with van der Waals surface area (Å²) in [5, 5.41) is 4.36. The first-order valence-corrected chi connectivity index (χ1v) is 6.81.